The van der Waals surface area contributed by atoms with E-state index in [1.54, 1.807) is 24.3 Å². The van der Waals surface area contributed by atoms with E-state index in [0.29, 0.717) is 41.9 Å². The molecular weight excluding hydrogens is 462 g/mol. The first-order valence-electron chi connectivity index (χ1n) is 12.9. The van der Waals surface area contributed by atoms with Gasteiger partial charge < -0.3 is 14.4 Å². The van der Waals surface area contributed by atoms with Crippen LogP contribution in [-0.2, 0) is 0 Å². The van der Waals surface area contributed by atoms with Crippen LogP contribution in [0.15, 0.2) is 77.9 Å². The van der Waals surface area contributed by atoms with Crippen LogP contribution in [0.2, 0.25) is 0 Å². The Hall–Kier alpha value is -3.67. The Morgan fingerprint density at radius 1 is 0.946 bits per heavy atom. The SMILES string of the molecule is CC(CCOc1cc(N(c2ccccc2)C(C)COc2ccc(C=O)cc2)ccc1N=N)CC(C)(C)C. The topological polar surface area (TPSA) is 75.0 Å². The highest BCUT2D eigenvalue weighted by molar-refractivity contribution is 5.74. The van der Waals surface area contributed by atoms with Gasteiger partial charge in [0.05, 0.1) is 12.6 Å². The summed E-state index contributed by atoms with van der Waals surface area (Å²) in [5.41, 5.74) is 11.0. The summed E-state index contributed by atoms with van der Waals surface area (Å²) in [6, 6.07) is 23.0. The lowest BCUT2D eigenvalue weighted by Gasteiger charge is -2.32. The van der Waals surface area contributed by atoms with Gasteiger partial charge in [0.25, 0.3) is 0 Å². The van der Waals surface area contributed by atoms with Gasteiger partial charge >= 0.3 is 0 Å². The number of ether oxygens (including phenoxy) is 2. The standard InChI is InChI=1S/C31H39N3O3/c1-23(20-31(3,4)5)17-18-36-30-19-27(13-16-29(30)33-32)34(26-9-7-6-8-10-26)24(2)22-37-28-14-11-25(21-35)12-15-28/h6-16,19,21,23-24,32H,17-18,20,22H2,1-5H3. The molecule has 2 atom stereocenters. The van der Waals surface area contributed by atoms with E-state index in [1.165, 1.54) is 0 Å². The molecule has 1 N–H and O–H groups in total. The fourth-order valence-corrected chi connectivity index (χ4v) is 4.56. The van der Waals surface area contributed by atoms with Crippen molar-refractivity contribution in [2.75, 3.05) is 18.1 Å². The van der Waals surface area contributed by atoms with Crippen molar-refractivity contribution in [3.05, 3.63) is 78.4 Å². The highest BCUT2D eigenvalue weighted by Crippen LogP contribution is 2.37. The van der Waals surface area contributed by atoms with Crippen molar-refractivity contribution in [1.82, 2.24) is 0 Å². The maximum atomic E-state index is 10.9. The molecule has 0 radical (unpaired) electrons. The number of nitrogens with one attached hydrogen (secondary N) is 1. The summed E-state index contributed by atoms with van der Waals surface area (Å²) in [6.45, 7) is 12.1. The Balaban J connectivity index is 1.79. The van der Waals surface area contributed by atoms with Crippen LogP contribution >= 0.6 is 0 Å². The normalized spacial score (nSPS) is 12.9. The maximum Gasteiger partial charge on any atom is 0.150 e. The summed E-state index contributed by atoms with van der Waals surface area (Å²) in [5.74, 6) is 1.86. The number of hydrogen-bond donors (Lipinski definition) is 1. The molecule has 0 aliphatic carbocycles. The third-order valence-corrected chi connectivity index (χ3v) is 6.15. The average molecular weight is 502 g/mol. The number of rotatable bonds is 13. The number of nitrogens with zero attached hydrogens (tertiary/aromatic N) is 2. The van der Waals surface area contributed by atoms with Gasteiger partial charge in [-0.15, -0.1) is 0 Å². The lowest BCUT2D eigenvalue weighted by atomic mass is 9.84. The van der Waals surface area contributed by atoms with E-state index in [1.807, 2.05) is 36.4 Å². The Morgan fingerprint density at radius 3 is 2.27 bits per heavy atom. The summed E-state index contributed by atoms with van der Waals surface area (Å²) in [5, 5.41) is 3.69. The van der Waals surface area contributed by atoms with Gasteiger partial charge in [-0.1, -0.05) is 45.9 Å². The Labute approximate surface area is 221 Å². The Kier molecular flexibility index (Phi) is 9.84. The van der Waals surface area contributed by atoms with Crippen LogP contribution < -0.4 is 14.4 Å². The molecule has 0 saturated carbocycles. The second-order valence-corrected chi connectivity index (χ2v) is 10.8. The third-order valence-electron chi connectivity index (χ3n) is 6.15. The van der Waals surface area contributed by atoms with Crippen LogP contribution in [0.25, 0.3) is 0 Å². The van der Waals surface area contributed by atoms with Gasteiger partial charge in [0.15, 0.2) is 0 Å². The number of carbonyl (C=O) groups is 1. The molecule has 0 heterocycles. The minimum absolute atomic E-state index is 0.0217. The van der Waals surface area contributed by atoms with Crippen LogP contribution in [0.4, 0.5) is 17.1 Å². The number of para-hydroxylation sites is 1. The van der Waals surface area contributed by atoms with E-state index in [4.69, 9.17) is 15.0 Å². The molecule has 0 spiro atoms. The quantitative estimate of drug-likeness (QED) is 0.188. The fraction of sp³-hybridized carbons (Fsp3) is 0.387. The van der Waals surface area contributed by atoms with Gasteiger partial charge in [0, 0.05) is 23.0 Å². The van der Waals surface area contributed by atoms with E-state index in [9.17, 15) is 4.79 Å². The first-order chi connectivity index (χ1) is 17.7. The third kappa shape index (κ3) is 8.45. The minimum Gasteiger partial charge on any atom is -0.491 e. The molecule has 0 bridgehead atoms. The first-order valence-corrected chi connectivity index (χ1v) is 12.9. The zero-order valence-corrected chi connectivity index (χ0v) is 22.6. The average Bonchev–Trinajstić information content (AvgIpc) is 2.87. The molecule has 3 aromatic carbocycles. The first kappa shape index (κ1) is 27.9. The van der Waals surface area contributed by atoms with Crippen LogP contribution in [0.1, 0.15) is 57.8 Å². The lowest BCUT2D eigenvalue weighted by molar-refractivity contribution is 0.112. The molecule has 6 nitrogen and oxygen atoms in total. The number of aldehydes is 1. The fourth-order valence-electron chi connectivity index (χ4n) is 4.56. The smallest absolute Gasteiger partial charge is 0.150 e. The van der Waals surface area contributed by atoms with E-state index in [-0.39, 0.29) is 11.5 Å². The summed E-state index contributed by atoms with van der Waals surface area (Å²) >= 11 is 0. The van der Waals surface area contributed by atoms with Gasteiger partial charge in [-0.25, -0.2) is 5.53 Å². The van der Waals surface area contributed by atoms with Crippen molar-refractivity contribution < 1.29 is 14.3 Å². The van der Waals surface area contributed by atoms with Crippen LogP contribution in [-0.4, -0.2) is 25.5 Å². The van der Waals surface area contributed by atoms with Crippen LogP contribution in [0.5, 0.6) is 11.5 Å². The van der Waals surface area contributed by atoms with Gasteiger partial charge in [-0.05, 0) is 79.6 Å². The lowest BCUT2D eigenvalue weighted by Crippen LogP contribution is -2.33. The predicted octanol–water partition coefficient (Wildman–Crippen LogP) is 8.61. The zero-order chi connectivity index (χ0) is 26.8. The van der Waals surface area contributed by atoms with E-state index in [2.05, 4.69) is 56.8 Å². The Morgan fingerprint density at radius 2 is 1.65 bits per heavy atom. The predicted molar refractivity (Wildman–Crippen MR) is 150 cm³/mol. The van der Waals surface area contributed by atoms with Gasteiger partial charge in [0.2, 0.25) is 0 Å². The van der Waals surface area contributed by atoms with Crippen LogP contribution in [0.3, 0.4) is 0 Å². The van der Waals surface area contributed by atoms with Crippen molar-refractivity contribution in [3.8, 4) is 11.5 Å². The monoisotopic (exact) mass is 501 g/mol. The number of anilines is 2. The van der Waals surface area contributed by atoms with Crippen molar-refractivity contribution in [2.45, 2.75) is 53.5 Å². The second-order valence-electron chi connectivity index (χ2n) is 10.8. The number of hydrogen-bond acceptors (Lipinski definition) is 6. The molecule has 0 aliphatic rings. The molecule has 37 heavy (non-hydrogen) atoms. The number of benzene rings is 3. The Bertz CT molecular complexity index is 1140. The molecule has 0 saturated heterocycles. The maximum absolute atomic E-state index is 10.9. The van der Waals surface area contributed by atoms with Crippen LogP contribution in [0, 0.1) is 16.9 Å². The zero-order valence-electron chi connectivity index (χ0n) is 22.6. The molecule has 6 heteroatoms. The van der Waals surface area contributed by atoms with Gasteiger partial charge in [-0.3, -0.25) is 4.79 Å². The summed E-state index contributed by atoms with van der Waals surface area (Å²) < 4.78 is 12.2. The molecule has 196 valence electrons. The molecular formula is C31H39N3O3. The summed E-state index contributed by atoms with van der Waals surface area (Å²) in [4.78, 5) is 13.1. The molecule has 3 rings (SSSR count). The van der Waals surface area contributed by atoms with E-state index in [0.717, 1.165) is 30.5 Å². The van der Waals surface area contributed by atoms with E-state index < -0.39 is 0 Å². The summed E-state index contributed by atoms with van der Waals surface area (Å²) in [6.07, 6.45) is 2.89. The highest BCUT2D eigenvalue weighted by Gasteiger charge is 2.20. The van der Waals surface area contributed by atoms with Crippen molar-refractivity contribution in [1.29, 1.82) is 5.53 Å². The highest BCUT2D eigenvalue weighted by atomic mass is 16.5. The molecule has 3 aromatic rings. The minimum atomic E-state index is -0.0217. The molecule has 0 aliphatic heterocycles. The molecule has 2 unspecified atom stereocenters. The molecule has 0 fully saturated rings. The summed E-state index contributed by atoms with van der Waals surface area (Å²) in [7, 11) is 0. The van der Waals surface area contributed by atoms with Gasteiger partial charge in [-0.2, -0.15) is 5.11 Å². The largest absolute Gasteiger partial charge is 0.491 e. The van der Waals surface area contributed by atoms with E-state index >= 15 is 0 Å². The van der Waals surface area contributed by atoms with Crippen molar-refractivity contribution in [3.63, 3.8) is 0 Å². The number of carbonyl (C=O) groups excluding carboxylic acids is 1. The van der Waals surface area contributed by atoms with Gasteiger partial charge in [0.1, 0.15) is 30.1 Å². The molecule has 0 aromatic heterocycles. The molecule has 0 amide bonds. The van der Waals surface area contributed by atoms with Crippen molar-refractivity contribution >= 4 is 23.3 Å². The second kappa shape index (κ2) is 13.0. The van der Waals surface area contributed by atoms with Crippen molar-refractivity contribution in [2.24, 2.45) is 16.4 Å².